The number of aromatic nitrogens is 2. The van der Waals surface area contributed by atoms with Crippen molar-refractivity contribution in [3.63, 3.8) is 0 Å². The van der Waals surface area contributed by atoms with Crippen molar-refractivity contribution in [2.75, 3.05) is 6.26 Å². The predicted octanol–water partition coefficient (Wildman–Crippen LogP) is -1.35. The highest BCUT2D eigenvalue weighted by molar-refractivity contribution is 7.89. The Hall–Kier alpha value is -1.41. The maximum absolute atomic E-state index is 11.0. The molecular formula is C7H11N3O4S. The van der Waals surface area contributed by atoms with E-state index in [1.807, 2.05) is 0 Å². The Bertz CT molecular complexity index is 464. The van der Waals surface area contributed by atoms with Crippen LogP contribution >= 0.6 is 0 Å². The molecule has 3 N–H and O–H groups in total. The number of carboxylic acids is 1. The van der Waals surface area contributed by atoms with Gasteiger partial charge in [0.05, 0.1) is 12.5 Å². The summed E-state index contributed by atoms with van der Waals surface area (Å²) in [7, 11) is -3.42. The highest BCUT2D eigenvalue weighted by Gasteiger charge is 2.14. The normalized spacial score (nSPS) is 13.7. The third-order valence-electron chi connectivity index (χ3n) is 1.73. The highest BCUT2D eigenvalue weighted by Crippen LogP contribution is 2.03. The quantitative estimate of drug-likeness (QED) is 0.664. The molecule has 1 aromatic heterocycles. The molecule has 1 aromatic rings. The summed E-state index contributed by atoms with van der Waals surface area (Å²) in [6.07, 6.45) is 3.58. The van der Waals surface area contributed by atoms with Gasteiger partial charge < -0.3 is 10.8 Å². The third kappa shape index (κ3) is 3.03. The van der Waals surface area contributed by atoms with Crippen LogP contribution in [0.2, 0.25) is 0 Å². The summed E-state index contributed by atoms with van der Waals surface area (Å²) >= 11 is 0. The van der Waals surface area contributed by atoms with Gasteiger partial charge in [0.25, 0.3) is 10.0 Å². The van der Waals surface area contributed by atoms with Gasteiger partial charge in [-0.2, -0.15) is 9.19 Å². The van der Waals surface area contributed by atoms with Crippen LogP contribution in [-0.2, 0) is 21.2 Å². The van der Waals surface area contributed by atoms with Crippen LogP contribution < -0.4 is 5.73 Å². The van der Waals surface area contributed by atoms with Crippen LogP contribution in [0.5, 0.6) is 0 Å². The van der Waals surface area contributed by atoms with Crippen LogP contribution in [0.4, 0.5) is 0 Å². The minimum atomic E-state index is -3.42. The van der Waals surface area contributed by atoms with E-state index in [9.17, 15) is 13.2 Å². The van der Waals surface area contributed by atoms with Gasteiger partial charge in [0.1, 0.15) is 6.04 Å². The zero-order valence-electron chi connectivity index (χ0n) is 7.99. The van der Waals surface area contributed by atoms with Crippen molar-refractivity contribution in [2.45, 2.75) is 12.5 Å². The Morgan fingerprint density at radius 1 is 1.73 bits per heavy atom. The largest absolute Gasteiger partial charge is 0.480 e. The van der Waals surface area contributed by atoms with E-state index in [0.717, 1.165) is 10.3 Å². The standard InChI is InChI=1S/C7H11N3O4S/c1-15(13,14)10-4-5(3-9-10)2-6(8)7(11)12/h3-4,6H,2,8H2,1H3,(H,11,12). The number of carboxylic acid groups (broad SMARTS) is 1. The molecule has 1 heterocycles. The molecule has 1 atom stereocenters. The Kier molecular flexibility index (Phi) is 3.10. The molecule has 0 spiro atoms. The predicted molar refractivity (Wildman–Crippen MR) is 51.8 cm³/mol. The van der Waals surface area contributed by atoms with Gasteiger partial charge in [-0.05, 0) is 5.56 Å². The summed E-state index contributed by atoms with van der Waals surface area (Å²) in [6, 6.07) is -1.05. The summed E-state index contributed by atoms with van der Waals surface area (Å²) in [5.41, 5.74) is 5.75. The third-order valence-corrected chi connectivity index (χ3v) is 2.61. The molecule has 7 nitrogen and oxygen atoms in total. The molecule has 8 heteroatoms. The molecule has 1 unspecified atom stereocenters. The second kappa shape index (κ2) is 3.99. The van der Waals surface area contributed by atoms with E-state index in [4.69, 9.17) is 10.8 Å². The first-order chi connectivity index (χ1) is 6.80. The Morgan fingerprint density at radius 3 is 2.73 bits per heavy atom. The number of aliphatic carboxylic acids is 1. The first-order valence-electron chi connectivity index (χ1n) is 4.03. The van der Waals surface area contributed by atoms with Crippen molar-refractivity contribution in [1.29, 1.82) is 0 Å². The van der Waals surface area contributed by atoms with E-state index in [2.05, 4.69) is 5.10 Å². The van der Waals surface area contributed by atoms with Gasteiger partial charge in [-0.25, -0.2) is 8.42 Å². The summed E-state index contributed by atoms with van der Waals surface area (Å²) in [4.78, 5) is 10.4. The van der Waals surface area contributed by atoms with Gasteiger partial charge in [-0.3, -0.25) is 4.79 Å². The van der Waals surface area contributed by atoms with Gasteiger partial charge in [0.2, 0.25) is 0 Å². The molecule has 0 fully saturated rings. The molecule has 0 amide bonds. The maximum atomic E-state index is 11.0. The minimum Gasteiger partial charge on any atom is -0.480 e. The second-order valence-corrected chi connectivity index (χ2v) is 4.97. The van der Waals surface area contributed by atoms with Gasteiger partial charge in [0.15, 0.2) is 0 Å². The number of rotatable bonds is 4. The van der Waals surface area contributed by atoms with Gasteiger partial charge in [0, 0.05) is 12.6 Å². The highest BCUT2D eigenvalue weighted by atomic mass is 32.2. The lowest BCUT2D eigenvalue weighted by atomic mass is 10.1. The molecule has 0 aliphatic heterocycles. The van der Waals surface area contributed by atoms with Crippen molar-refractivity contribution >= 4 is 16.0 Å². The molecule has 15 heavy (non-hydrogen) atoms. The number of hydrogen-bond donors (Lipinski definition) is 2. The molecule has 0 aromatic carbocycles. The molecule has 0 radical (unpaired) electrons. The van der Waals surface area contributed by atoms with Gasteiger partial charge in [-0.15, -0.1) is 0 Å². The zero-order valence-corrected chi connectivity index (χ0v) is 8.81. The van der Waals surface area contributed by atoms with Crippen molar-refractivity contribution in [3.05, 3.63) is 18.0 Å². The molecule has 0 aliphatic rings. The molecular weight excluding hydrogens is 222 g/mol. The monoisotopic (exact) mass is 233 g/mol. The van der Waals surface area contributed by atoms with Crippen LogP contribution in [0.1, 0.15) is 5.56 Å². The van der Waals surface area contributed by atoms with E-state index >= 15 is 0 Å². The fourth-order valence-electron chi connectivity index (χ4n) is 0.968. The average Bonchev–Trinajstić information content (AvgIpc) is 2.51. The van der Waals surface area contributed by atoms with Crippen molar-refractivity contribution < 1.29 is 18.3 Å². The van der Waals surface area contributed by atoms with E-state index in [1.165, 1.54) is 12.4 Å². The molecule has 0 aliphatic carbocycles. The van der Waals surface area contributed by atoms with Gasteiger partial charge >= 0.3 is 5.97 Å². The molecule has 1 rings (SSSR count). The van der Waals surface area contributed by atoms with E-state index in [1.54, 1.807) is 0 Å². The lowest BCUT2D eigenvalue weighted by molar-refractivity contribution is -0.138. The van der Waals surface area contributed by atoms with E-state index in [-0.39, 0.29) is 6.42 Å². The number of nitrogens with zero attached hydrogens (tertiary/aromatic N) is 2. The summed E-state index contributed by atoms with van der Waals surface area (Å²) in [5, 5.41) is 12.1. The fraction of sp³-hybridized carbons (Fsp3) is 0.429. The number of nitrogens with two attached hydrogens (primary N) is 1. The molecule has 0 saturated heterocycles. The zero-order chi connectivity index (χ0) is 11.6. The van der Waals surface area contributed by atoms with Gasteiger partial charge in [-0.1, -0.05) is 0 Å². The van der Waals surface area contributed by atoms with Crippen molar-refractivity contribution in [3.8, 4) is 0 Å². The van der Waals surface area contributed by atoms with Crippen molar-refractivity contribution in [1.82, 2.24) is 9.19 Å². The SMILES string of the molecule is CS(=O)(=O)n1cc(CC(N)C(=O)O)cn1. The Labute approximate surface area is 86.6 Å². The first kappa shape index (κ1) is 11.7. The topological polar surface area (TPSA) is 115 Å². The second-order valence-electron chi connectivity index (χ2n) is 3.13. The van der Waals surface area contributed by atoms with E-state index < -0.39 is 22.0 Å². The van der Waals surface area contributed by atoms with Crippen LogP contribution in [0, 0.1) is 0 Å². The molecule has 0 bridgehead atoms. The van der Waals surface area contributed by atoms with Crippen molar-refractivity contribution in [2.24, 2.45) is 5.73 Å². The summed E-state index contributed by atoms with van der Waals surface area (Å²) < 4.78 is 22.8. The minimum absolute atomic E-state index is 0.0465. The lowest BCUT2D eigenvalue weighted by Crippen LogP contribution is -2.32. The first-order valence-corrected chi connectivity index (χ1v) is 5.88. The summed E-state index contributed by atoms with van der Waals surface area (Å²) in [6.45, 7) is 0. The lowest BCUT2D eigenvalue weighted by Gasteiger charge is -2.02. The Balaban J connectivity index is 2.82. The smallest absolute Gasteiger partial charge is 0.320 e. The number of hydrogen-bond acceptors (Lipinski definition) is 5. The Morgan fingerprint density at radius 2 is 2.33 bits per heavy atom. The van der Waals surface area contributed by atoms with Crippen LogP contribution in [0.15, 0.2) is 12.4 Å². The van der Waals surface area contributed by atoms with E-state index in [0.29, 0.717) is 5.56 Å². The van der Waals surface area contributed by atoms with Crippen LogP contribution in [0.25, 0.3) is 0 Å². The molecule has 0 saturated carbocycles. The molecule has 84 valence electrons. The maximum Gasteiger partial charge on any atom is 0.320 e. The van der Waals surface area contributed by atoms with Crippen LogP contribution in [0.3, 0.4) is 0 Å². The number of carbonyl (C=O) groups is 1. The average molecular weight is 233 g/mol. The fourth-order valence-corrected chi connectivity index (χ4v) is 1.51. The summed E-state index contributed by atoms with van der Waals surface area (Å²) in [5.74, 6) is -1.14. The van der Waals surface area contributed by atoms with Crippen LogP contribution in [-0.4, -0.2) is 41.0 Å².